The Kier molecular flexibility index (Phi) is 4.46. The lowest BCUT2D eigenvalue weighted by molar-refractivity contribution is -0.139. The van der Waals surface area contributed by atoms with Gasteiger partial charge in [0.25, 0.3) is 0 Å². The minimum absolute atomic E-state index is 0.0798. The van der Waals surface area contributed by atoms with Crippen LogP contribution in [0.1, 0.15) is 37.8 Å². The average molecular weight is 451 g/mol. The molecule has 1 saturated carbocycles. The Balaban J connectivity index is 1.78. The Morgan fingerprint density at radius 3 is 2.55 bits per heavy atom. The number of ketones is 2. The monoisotopic (exact) mass is 451 g/mol. The SMILES string of the molecule is COc1ccc([C@H]2C3=CCn4c(=O)n(C)c(=O)n4[C@@H]3C[C@H]3C(=O)C(C)=CC(=O)[C@@]23C)cc1O. The zero-order valence-corrected chi connectivity index (χ0v) is 18.9. The van der Waals surface area contributed by atoms with Crippen molar-refractivity contribution in [2.45, 2.75) is 38.8 Å². The number of benzene rings is 1. The van der Waals surface area contributed by atoms with Crippen LogP contribution in [0.5, 0.6) is 11.5 Å². The molecule has 0 spiro atoms. The van der Waals surface area contributed by atoms with Gasteiger partial charge >= 0.3 is 11.4 Å². The molecule has 0 radical (unpaired) electrons. The predicted molar refractivity (Wildman–Crippen MR) is 118 cm³/mol. The summed E-state index contributed by atoms with van der Waals surface area (Å²) in [5.41, 5.74) is -0.159. The number of carbonyl (C=O) groups excluding carboxylic acids is 2. The molecular formula is C24H25N3O6. The van der Waals surface area contributed by atoms with E-state index in [0.29, 0.717) is 16.9 Å². The molecule has 1 fully saturated rings. The van der Waals surface area contributed by atoms with Crippen molar-refractivity contribution in [2.75, 3.05) is 7.11 Å². The van der Waals surface area contributed by atoms with Crippen LogP contribution in [0, 0.1) is 11.3 Å². The number of rotatable bonds is 2. The standard InChI is InChI=1S/C24H25N3O6/c1-12-9-19(29)24(2)15(21(12)30)11-16-14(7-8-26-22(31)25(3)23(32)27(16)26)20(24)13-5-6-18(33-4)17(28)10-13/h5-7,9-10,15-16,20,28H,8,11H2,1-4H3/t15-,16+,20-,24-/m0/s1. The van der Waals surface area contributed by atoms with Crippen LogP contribution in [0.3, 0.4) is 0 Å². The molecule has 0 amide bonds. The van der Waals surface area contributed by atoms with Crippen LogP contribution < -0.4 is 16.1 Å². The van der Waals surface area contributed by atoms with Crippen molar-refractivity contribution < 1.29 is 19.4 Å². The lowest BCUT2D eigenvalue weighted by atomic mass is 9.51. The van der Waals surface area contributed by atoms with Crippen LogP contribution in [-0.2, 0) is 23.2 Å². The number of phenolic OH excluding ortho intramolecular Hbond substituents is 1. The van der Waals surface area contributed by atoms with Crippen LogP contribution in [0.2, 0.25) is 0 Å². The zero-order valence-electron chi connectivity index (χ0n) is 18.9. The third-order valence-corrected chi connectivity index (χ3v) is 7.67. The topological polar surface area (TPSA) is 113 Å². The lowest BCUT2D eigenvalue weighted by Crippen LogP contribution is -2.54. The van der Waals surface area contributed by atoms with Gasteiger partial charge in [0.15, 0.2) is 23.1 Å². The fourth-order valence-electron chi connectivity index (χ4n) is 5.92. The fourth-order valence-corrected chi connectivity index (χ4v) is 5.92. The largest absolute Gasteiger partial charge is 0.504 e. The molecule has 0 unspecified atom stereocenters. The lowest BCUT2D eigenvalue weighted by Gasteiger charge is -2.52. The molecule has 0 bridgehead atoms. The van der Waals surface area contributed by atoms with E-state index in [9.17, 15) is 24.3 Å². The van der Waals surface area contributed by atoms with Gasteiger partial charge in [-0.25, -0.2) is 23.5 Å². The van der Waals surface area contributed by atoms with E-state index in [2.05, 4.69) is 0 Å². The highest BCUT2D eigenvalue weighted by atomic mass is 16.5. The van der Waals surface area contributed by atoms with Gasteiger partial charge < -0.3 is 9.84 Å². The van der Waals surface area contributed by atoms with Crippen LogP contribution in [0.4, 0.5) is 0 Å². The molecule has 1 aromatic heterocycles. The van der Waals surface area contributed by atoms with Gasteiger partial charge in [-0.3, -0.25) is 9.59 Å². The molecule has 2 heterocycles. The molecule has 5 rings (SSSR count). The van der Waals surface area contributed by atoms with Crippen molar-refractivity contribution in [3.8, 4) is 11.5 Å². The Labute approximate surface area is 189 Å². The Bertz CT molecular complexity index is 1400. The van der Waals surface area contributed by atoms with E-state index in [-0.39, 0.29) is 30.3 Å². The van der Waals surface area contributed by atoms with E-state index >= 15 is 0 Å². The number of carbonyl (C=O) groups is 2. The number of hydrogen-bond acceptors (Lipinski definition) is 6. The first-order chi connectivity index (χ1) is 15.6. The smallest absolute Gasteiger partial charge is 0.347 e. The number of methoxy groups -OCH3 is 1. The van der Waals surface area contributed by atoms with Crippen LogP contribution in [0.15, 0.2) is 51.1 Å². The highest BCUT2D eigenvalue weighted by Crippen LogP contribution is 2.59. The summed E-state index contributed by atoms with van der Waals surface area (Å²) in [6.45, 7) is 3.60. The van der Waals surface area contributed by atoms with Gasteiger partial charge in [-0.05, 0) is 48.3 Å². The van der Waals surface area contributed by atoms with Gasteiger partial charge in [-0.15, -0.1) is 0 Å². The number of fused-ring (bicyclic) bond motifs is 4. The summed E-state index contributed by atoms with van der Waals surface area (Å²) in [6.07, 6.45) is 3.52. The van der Waals surface area contributed by atoms with Crippen molar-refractivity contribution in [3.05, 3.63) is 68.0 Å². The van der Waals surface area contributed by atoms with E-state index < -0.39 is 34.7 Å². The molecular weight excluding hydrogens is 426 g/mol. The van der Waals surface area contributed by atoms with Gasteiger partial charge in [0.1, 0.15) is 0 Å². The number of nitrogens with zero attached hydrogens (tertiary/aromatic N) is 3. The molecule has 9 nitrogen and oxygen atoms in total. The van der Waals surface area contributed by atoms with Crippen molar-refractivity contribution in [3.63, 3.8) is 0 Å². The van der Waals surface area contributed by atoms with Crippen molar-refractivity contribution in [2.24, 2.45) is 18.4 Å². The molecule has 33 heavy (non-hydrogen) atoms. The summed E-state index contributed by atoms with van der Waals surface area (Å²) in [5, 5.41) is 10.5. The summed E-state index contributed by atoms with van der Waals surface area (Å²) in [7, 11) is 2.88. The highest BCUT2D eigenvalue weighted by Gasteiger charge is 2.59. The molecule has 1 aliphatic heterocycles. The van der Waals surface area contributed by atoms with Crippen molar-refractivity contribution in [1.29, 1.82) is 0 Å². The predicted octanol–water partition coefficient (Wildman–Crippen LogP) is 1.45. The molecule has 4 atom stereocenters. The minimum Gasteiger partial charge on any atom is -0.504 e. The van der Waals surface area contributed by atoms with Crippen LogP contribution in [0.25, 0.3) is 0 Å². The zero-order chi connectivity index (χ0) is 23.8. The van der Waals surface area contributed by atoms with Gasteiger partial charge in [0.05, 0.1) is 25.1 Å². The third kappa shape index (κ3) is 2.65. The molecule has 2 aromatic rings. The van der Waals surface area contributed by atoms with E-state index in [0.717, 1.165) is 10.1 Å². The van der Waals surface area contributed by atoms with Crippen molar-refractivity contribution in [1.82, 2.24) is 13.9 Å². The minimum atomic E-state index is -1.10. The van der Waals surface area contributed by atoms with Crippen molar-refractivity contribution >= 4 is 11.6 Å². The molecule has 0 saturated heterocycles. The Hall–Kier alpha value is -3.62. The second kappa shape index (κ2) is 6.94. The highest BCUT2D eigenvalue weighted by molar-refractivity contribution is 6.13. The second-order valence-electron chi connectivity index (χ2n) is 9.26. The normalized spacial score (nSPS) is 28.4. The van der Waals surface area contributed by atoms with Crippen LogP contribution in [-0.4, -0.2) is 37.7 Å². The molecule has 9 heteroatoms. The molecule has 1 N–H and O–H groups in total. The maximum atomic E-state index is 13.5. The second-order valence-corrected chi connectivity index (χ2v) is 9.26. The third-order valence-electron chi connectivity index (χ3n) is 7.67. The summed E-state index contributed by atoms with van der Waals surface area (Å²) < 4.78 is 9.02. The Morgan fingerprint density at radius 2 is 1.88 bits per heavy atom. The van der Waals surface area contributed by atoms with E-state index in [4.69, 9.17) is 4.74 Å². The first-order valence-electron chi connectivity index (χ1n) is 10.8. The van der Waals surface area contributed by atoms with Gasteiger partial charge in [-0.2, -0.15) is 0 Å². The number of aromatic hydroxyl groups is 1. The first-order valence-corrected chi connectivity index (χ1v) is 10.8. The summed E-state index contributed by atoms with van der Waals surface area (Å²) in [5.74, 6) is -1.34. The quantitative estimate of drug-likeness (QED) is 0.692. The van der Waals surface area contributed by atoms with Gasteiger partial charge in [-0.1, -0.05) is 19.1 Å². The number of allylic oxidation sites excluding steroid dienone is 4. The number of phenols is 1. The van der Waals surface area contributed by atoms with E-state index in [1.807, 2.05) is 6.08 Å². The number of ether oxygens (including phenoxy) is 1. The van der Waals surface area contributed by atoms with Crippen LogP contribution >= 0.6 is 0 Å². The van der Waals surface area contributed by atoms with Gasteiger partial charge in [0, 0.05) is 18.9 Å². The fraction of sp³-hybridized carbons (Fsp3) is 0.417. The summed E-state index contributed by atoms with van der Waals surface area (Å²) in [4.78, 5) is 52.4. The van der Waals surface area contributed by atoms with E-state index in [1.54, 1.807) is 32.0 Å². The summed E-state index contributed by atoms with van der Waals surface area (Å²) in [6, 6.07) is 4.38. The summed E-state index contributed by atoms with van der Waals surface area (Å²) >= 11 is 0. The van der Waals surface area contributed by atoms with Gasteiger partial charge in [0.2, 0.25) is 0 Å². The Morgan fingerprint density at radius 1 is 1.15 bits per heavy atom. The number of aromatic nitrogens is 3. The molecule has 2 aliphatic carbocycles. The number of Topliss-reactive ketones (excluding diaryl/α,β-unsaturated/α-hetero) is 1. The maximum absolute atomic E-state index is 13.5. The molecule has 1 aromatic carbocycles. The number of hydrogen-bond donors (Lipinski definition) is 1. The first kappa shape index (κ1) is 21.2. The maximum Gasteiger partial charge on any atom is 0.347 e. The molecule has 172 valence electrons. The van der Waals surface area contributed by atoms with E-state index in [1.165, 1.54) is 29.6 Å². The average Bonchev–Trinajstić information content (AvgIpc) is 3.01. The molecule has 3 aliphatic rings.